The molecule has 3 aromatic carbocycles. The summed E-state index contributed by atoms with van der Waals surface area (Å²) in [6, 6.07) is 17.8. The summed E-state index contributed by atoms with van der Waals surface area (Å²) in [6.45, 7) is 30.7. The van der Waals surface area contributed by atoms with Gasteiger partial charge in [0.2, 0.25) is 0 Å². The lowest BCUT2D eigenvalue weighted by atomic mass is 9.96. The molecular formula is C45H51F2N5. The van der Waals surface area contributed by atoms with Gasteiger partial charge in [0.15, 0.2) is 0 Å². The fourth-order valence-corrected chi connectivity index (χ4v) is 5.33. The van der Waals surface area contributed by atoms with Crippen LogP contribution in [0.5, 0.6) is 0 Å². The number of anilines is 1. The third-order valence-corrected chi connectivity index (χ3v) is 7.56. The Morgan fingerprint density at radius 3 is 2.25 bits per heavy atom. The molecule has 4 aromatic rings. The van der Waals surface area contributed by atoms with E-state index >= 15 is 4.39 Å². The van der Waals surface area contributed by atoms with Gasteiger partial charge in [-0.3, -0.25) is 0 Å². The number of aryl methyl sites for hydroxylation is 1. The van der Waals surface area contributed by atoms with Gasteiger partial charge in [-0.05, 0) is 85.6 Å². The number of imidazole rings is 1. The SMILES string of the molecule is C=C/C=C(/c1cc(F)cc(CNC)c1)c1nc(C(=C)c2cc(C(/C=C(\C=C)NC(=C)Cc3ccccc3)=C/C)c(F)cc2N)[nH]c1C.C=C=C.CC. The smallest absolute Gasteiger partial charge is 0.138 e. The summed E-state index contributed by atoms with van der Waals surface area (Å²) in [5, 5.41) is 6.35. The zero-order valence-electron chi connectivity index (χ0n) is 31.1. The third kappa shape index (κ3) is 11.5. The van der Waals surface area contributed by atoms with Crippen molar-refractivity contribution in [2.75, 3.05) is 12.8 Å². The van der Waals surface area contributed by atoms with E-state index in [9.17, 15) is 4.39 Å². The number of halogens is 2. The van der Waals surface area contributed by atoms with Crippen molar-refractivity contribution < 1.29 is 8.78 Å². The summed E-state index contributed by atoms with van der Waals surface area (Å²) in [6.07, 6.45) is 9.35. The van der Waals surface area contributed by atoms with Gasteiger partial charge in [-0.1, -0.05) is 102 Å². The second kappa shape index (κ2) is 21.3. The highest BCUT2D eigenvalue weighted by Gasteiger charge is 2.20. The molecule has 0 atom stereocenters. The molecule has 0 radical (unpaired) electrons. The van der Waals surface area contributed by atoms with Crippen LogP contribution < -0.4 is 16.4 Å². The first-order chi connectivity index (χ1) is 25.0. The number of aromatic amines is 1. The number of nitrogens with one attached hydrogen (secondary N) is 3. The number of nitrogens with two attached hydrogens (primary N) is 1. The Bertz CT molecular complexity index is 2000. The number of nitrogens with zero attached hydrogens (tertiary/aromatic N) is 1. The lowest BCUT2D eigenvalue weighted by Crippen LogP contribution is -2.12. The zero-order chi connectivity index (χ0) is 38.8. The van der Waals surface area contributed by atoms with E-state index in [0.717, 1.165) is 22.5 Å². The summed E-state index contributed by atoms with van der Waals surface area (Å²) in [4.78, 5) is 8.15. The maximum Gasteiger partial charge on any atom is 0.138 e. The van der Waals surface area contributed by atoms with Crippen molar-refractivity contribution in [1.82, 2.24) is 20.6 Å². The predicted molar refractivity (Wildman–Crippen MR) is 219 cm³/mol. The summed E-state index contributed by atoms with van der Waals surface area (Å²) in [5.74, 6) is -0.381. The molecule has 52 heavy (non-hydrogen) atoms. The number of benzene rings is 3. The fourth-order valence-electron chi connectivity index (χ4n) is 5.33. The van der Waals surface area contributed by atoms with Gasteiger partial charge in [0.1, 0.15) is 17.5 Å². The Hall–Kier alpha value is -6.01. The van der Waals surface area contributed by atoms with Crippen molar-refractivity contribution >= 4 is 22.4 Å². The van der Waals surface area contributed by atoms with E-state index in [1.807, 2.05) is 83.3 Å². The van der Waals surface area contributed by atoms with Crippen molar-refractivity contribution in [2.45, 2.75) is 40.7 Å². The molecule has 0 unspecified atom stereocenters. The van der Waals surface area contributed by atoms with Crippen LogP contribution in [0.1, 0.15) is 65.8 Å². The standard InChI is InChI=1S/C40H41F2N5.C3H4.C2H6/c1-8-14-34(31-18-29(24-44-7)19-32(41)20-31)39-27(6)46-40(47-39)26(5)35-22-36(37(42)23-38(35)43)30(9-2)21-33(10-3)45-25(4)17-28-15-12-11-13-16-28;1-3-2;1-2/h8-16,18-23,44-45H,1,3-5,17,24,43H2,2,6-7H3,(H,46,47);1-2H2;1-2H3/b30-9+,33-21+,34-14-;;. The molecular weight excluding hydrogens is 649 g/mol. The van der Waals surface area contributed by atoms with E-state index in [1.54, 1.807) is 24.3 Å². The van der Waals surface area contributed by atoms with Gasteiger partial charge in [0.05, 0.1) is 5.69 Å². The molecule has 0 saturated carbocycles. The lowest BCUT2D eigenvalue weighted by Gasteiger charge is -2.14. The van der Waals surface area contributed by atoms with Crippen molar-refractivity contribution in [3.05, 3.63) is 204 Å². The first-order valence-electron chi connectivity index (χ1n) is 16.9. The van der Waals surface area contributed by atoms with Gasteiger partial charge in [-0.15, -0.1) is 5.73 Å². The quantitative estimate of drug-likeness (QED) is 0.0600. The maximum absolute atomic E-state index is 15.5. The molecule has 0 spiro atoms. The summed E-state index contributed by atoms with van der Waals surface area (Å²) in [5.41, 5.74) is 16.8. The maximum atomic E-state index is 15.5. The van der Waals surface area contributed by atoms with E-state index < -0.39 is 5.82 Å². The predicted octanol–water partition coefficient (Wildman–Crippen LogP) is 10.8. The summed E-state index contributed by atoms with van der Waals surface area (Å²) >= 11 is 0. The van der Waals surface area contributed by atoms with Crippen LogP contribution in [0.25, 0.3) is 16.7 Å². The van der Waals surface area contributed by atoms with Crippen LogP contribution in [0.4, 0.5) is 14.5 Å². The first kappa shape index (κ1) is 42.2. The molecule has 0 fully saturated rings. The number of H-pyrrole nitrogens is 1. The zero-order valence-corrected chi connectivity index (χ0v) is 31.1. The van der Waals surface area contributed by atoms with Gasteiger partial charge < -0.3 is 21.4 Å². The lowest BCUT2D eigenvalue weighted by molar-refractivity contribution is 0.623. The van der Waals surface area contributed by atoms with Crippen molar-refractivity contribution in [1.29, 1.82) is 0 Å². The average Bonchev–Trinajstić information content (AvgIpc) is 3.51. The van der Waals surface area contributed by atoms with E-state index in [-0.39, 0.29) is 11.5 Å². The highest BCUT2D eigenvalue weighted by Crippen LogP contribution is 2.34. The number of hydrogen-bond acceptors (Lipinski definition) is 4. The molecule has 0 aliphatic carbocycles. The molecule has 5 nitrogen and oxygen atoms in total. The van der Waals surface area contributed by atoms with Gasteiger partial charge in [0, 0.05) is 58.0 Å². The Morgan fingerprint density at radius 2 is 1.65 bits per heavy atom. The summed E-state index contributed by atoms with van der Waals surface area (Å²) in [7, 11) is 1.81. The fraction of sp³-hybridized carbons (Fsp3) is 0.156. The molecule has 270 valence electrons. The molecule has 5 N–H and O–H groups in total. The van der Waals surface area contributed by atoms with E-state index in [2.05, 4.69) is 60.8 Å². The Labute approximate surface area is 308 Å². The van der Waals surface area contributed by atoms with Crippen molar-refractivity contribution in [3.8, 4) is 0 Å². The average molecular weight is 700 g/mol. The molecule has 0 amide bonds. The number of rotatable bonds is 14. The van der Waals surface area contributed by atoms with E-state index in [1.165, 1.54) is 18.2 Å². The molecule has 0 saturated heterocycles. The van der Waals surface area contributed by atoms with Crippen LogP contribution >= 0.6 is 0 Å². The minimum absolute atomic E-state index is 0.216. The van der Waals surface area contributed by atoms with Gasteiger partial charge in [-0.25, -0.2) is 13.8 Å². The minimum atomic E-state index is -0.481. The molecule has 1 heterocycles. The minimum Gasteiger partial charge on any atom is -0.398 e. The number of nitrogen functional groups attached to an aromatic ring is 1. The van der Waals surface area contributed by atoms with Crippen LogP contribution in [-0.4, -0.2) is 17.0 Å². The largest absolute Gasteiger partial charge is 0.398 e. The Kier molecular flexibility index (Phi) is 17.2. The van der Waals surface area contributed by atoms with Gasteiger partial charge in [-0.2, -0.15) is 0 Å². The number of allylic oxidation sites excluding steroid dienone is 7. The van der Waals surface area contributed by atoms with Gasteiger partial charge in [0.25, 0.3) is 0 Å². The second-order valence-electron chi connectivity index (χ2n) is 11.3. The molecule has 0 aliphatic heterocycles. The van der Waals surface area contributed by atoms with Crippen LogP contribution in [-0.2, 0) is 13.0 Å². The highest BCUT2D eigenvalue weighted by atomic mass is 19.1. The Balaban J connectivity index is 0.00000178. The summed E-state index contributed by atoms with van der Waals surface area (Å²) < 4.78 is 30.1. The van der Waals surface area contributed by atoms with Crippen LogP contribution in [0, 0.1) is 18.6 Å². The van der Waals surface area contributed by atoms with Crippen molar-refractivity contribution in [2.24, 2.45) is 0 Å². The van der Waals surface area contributed by atoms with E-state index in [4.69, 9.17) is 10.7 Å². The monoisotopic (exact) mass is 699 g/mol. The normalized spacial score (nSPS) is 11.2. The molecule has 0 aliphatic rings. The van der Waals surface area contributed by atoms with Crippen LogP contribution in [0.15, 0.2) is 148 Å². The van der Waals surface area contributed by atoms with E-state index in [0.29, 0.717) is 63.6 Å². The molecule has 4 rings (SSSR count). The molecule has 0 bridgehead atoms. The Morgan fingerprint density at radius 1 is 0.981 bits per heavy atom. The number of hydrogen-bond donors (Lipinski definition) is 4. The topological polar surface area (TPSA) is 78.8 Å². The molecule has 1 aromatic heterocycles. The van der Waals surface area contributed by atoms with Crippen LogP contribution in [0.2, 0.25) is 0 Å². The second-order valence-corrected chi connectivity index (χ2v) is 11.3. The van der Waals surface area contributed by atoms with Crippen LogP contribution in [0.3, 0.4) is 0 Å². The van der Waals surface area contributed by atoms with Crippen molar-refractivity contribution in [3.63, 3.8) is 0 Å². The third-order valence-electron chi connectivity index (χ3n) is 7.56. The number of aromatic nitrogens is 2. The van der Waals surface area contributed by atoms with Gasteiger partial charge >= 0.3 is 0 Å². The highest BCUT2D eigenvalue weighted by molar-refractivity contribution is 5.87. The first-order valence-corrected chi connectivity index (χ1v) is 16.9. The molecule has 7 heteroatoms.